The number of amides is 1. The third kappa shape index (κ3) is 11.0. The van der Waals surface area contributed by atoms with Crippen LogP contribution in [0.5, 0.6) is 0 Å². The van der Waals surface area contributed by atoms with Crippen LogP contribution in [0, 0.1) is 11.3 Å². The van der Waals surface area contributed by atoms with Gasteiger partial charge in [0.05, 0.1) is 19.2 Å². The number of nitrogens with zero attached hydrogens (tertiary/aromatic N) is 3. The van der Waals surface area contributed by atoms with E-state index in [1.54, 1.807) is 30.3 Å². The van der Waals surface area contributed by atoms with Crippen LogP contribution < -0.4 is 15.5 Å². The third-order valence-corrected chi connectivity index (χ3v) is 6.91. The highest BCUT2D eigenvalue weighted by atomic mass is 35.5. The Bertz CT molecular complexity index is 1490. The number of carbonyl (C=O) groups is 2. The average Bonchev–Trinajstić information content (AvgIpc) is 3.01. The molecule has 0 saturated carbocycles. The first-order valence-electron chi connectivity index (χ1n) is 14.1. The quantitative estimate of drug-likeness (QED) is 0.116. The maximum atomic E-state index is 12.3. The van der Waals surface area contributed by atoms with Crippen LogP contribution in [0.2, 0.25) is 10.0 Å². The first-order chi connectivity index (χ1) is 21.2. The summed E-state index contributed by atoms with van der Waals surface area (Å²) in [6, 6.07) is 22.8. The molecule has 0 bridgehead atoms. The molecule has 0 aromatic heterocycles. The second kappa shape index (κ2) is 17.7. The standard InChI is InChI=1S/C31H31Cl2N5O2.C2H4O2/c32-26-18-27(33)20-28(19-26)37-31(36-15-14-34)38(21-22-6-8-25(9-7-22)30(40)35-16-17-39)29-12-10-24(11-13-29)23-4-2-1-3-5-23;1-2(3)4/h4,6-13,18-20,39H,1-3,5,15-17,21H2,(H,35,40)(H,36,37);1H3,(H,3,4). The first kappa shape index (κ1) is 34.1. The summed E-state index contributed by atoms with van der Waals surface area (Å²) in [4.78, 5) is 27.8. The minimum atomic E-state index is -0.833. The summed E-state index contributed by atoms with van der Waals surface area (Å²) in [5.74, 6) is -0.630. The number of hydrogen-bond acceptors (Lipinski definition) is 5. The third-order valence-electron chi connectivity index (χ3n) is 6.47. The second-order valence-electron chi connectivity index (χ2n) is 9.88. The van der Waals surface area contributed by atoms with Crippen molar-refractivity contribution in [2.45, 2.75) is 39.2 Å². The summed E-state index contributed by atoms with van der Waals surface area (Å²) >= 11 is 12.5. The Labute approximate surface area is 267 Å². The van der Waals surface area contributed by atoms with E-state index in [0.717, 1.165) is 31.0 Å². The molecular formula is C33H35Cl2N5O4. The van der Waals surface area contributed by atoms with Gasteiger partial charge in [-0.3, -0.25) is 9.59 Å². The van der Waals surface area contributed by atoms with Gasteiger partial charge >= 0.3 is 0 Å². The van der Waals surface area contributed by atoms with Gasteiger partial charge in [-0.15, -0.1) is 0 Å². The van der Waals surface area contributed by atoms with Gasteiger partial charge in [-0.2, -0.15) is 5.26 Å². The van der Waals surface area contributed by atoms with Gasteiger partial charge in [0, 0.05) is 40.5 Å². The number of halogens is 2. The normalized spacial score (nSPS) is 12.6. The molecule has 1 amide bonds. The number of carboxylic acids is 1. The van der Waals surface area contributed by atoms with E-state index >= 15 is 0 Å². The molecule has 0 heterocycles. The van der Waals surface area contributed by atoms with Gasteiger partial charge in [0.1, 0.15) is 6.54 Å². The van der Waals surface area contributed by atoms with Crippen LogP contribution in [0.4, 0.5) is 11.4 Å². The minimum absolute atomic E-state index is 0.0535. The summed E-state index contributed by atoms with van der Waals surface area (Å²) in [5, 5.41) is 32.6. The molecule has 0 atom stereocenters. The van der Waals surface area contributed by atoms with Gasteiger partial charge in [0.25, 0.3) is 11.9 Å². The molecule has 3 aromatic carbocycles. The zero-order valence-electron chi connectivity index (χ0n) is 24.4. The molecule has 11 heteroatoms. The van der Waals surface area contributed by atoms with Crippen LogP contribution in [0.3, 0.4) is 0 Å². The van der Waals surface area contributed by atoms with Gasteiger partial charge in [-0.05, 0) is 84.8 Å². The smallest absolute Gasteiger partial charge is 0.300 e. The largest absolute Gasteiger partial charge is 0.481 e. The van der Waals surface area contributed by atoms with E-state index in [2.05, 4.69) is 52.0 Å². The number of hydrogen-bond donors (Lipinski definition) is 4. The number of aliphatic hydroxyl groups excluding tert-OH is 1. The molecular weight excluding hydrogens is 601 g/mol. The highest BCUT2D eigenvalue weighted by molar-refractivity contribution is 6.35. The van der Waals surface area contributed by atoms with Gasteiger partial charge in [-0.1, -0.05) is 53.5 Å². The lowest BCUT2D eigenvalue weighted by Crippen LogP contribution is -2.36. The first-order valence-corrected chi connectivity index (χ1v) is 14.8. The summed E-state index contributed by atoms with van der Waals surface area (Å²) in [7, 11) is 0. The Balaban J connectivity index is 0.00000124. The molecule has 0 fully saturated rings. The Morgan fingerprint density at radius 2 is 1.68 bits per heavy atom. The number of carboxylic acid groups (broad SMARTS) is 1. The van der Waals surface area contributed by atoms with E-state index in [-0.39, 0.29) is 25.6 Å². The number of rotatable bonds is 9. The van der Waals surface area contributed by atoms with Gasteiger partial charge in [0.2, 0.25) is 5.96 Å². The predicted molar refractivity (Wildman–Crippen MR) is 176 cm³/mol. The highest BCUT2D eigenvalue weighted by Crippen LogP contribution is 2.29. The molecule has 1 aliphatic carbocycles. The lowest BCUT2D eigenvalue weighted by molar-refractivity contribution is -0.134. The highest BCUT2D eigenvalue weighted by Gasteiger charge is 2.17. The summed E-state index contributed by atoms with van der Waals surface area (Å²) in [6.45, 7) is 1.51. The van der Waals surface area contributed by atoms with Gasteiger partial charge in [0.15, 0.2) is 0 Å². The minimum Gasteiger partial charge on any atom is -0.481 e. The van der Waals surface area contributed by atoms with Crippen molar-refractivity contribution in [3.05, 3.63) is 99.5 Å². The molecule has 9 nitrogen and oxygen atoms in total. The number of aliphatic imine (C=N–C) groups is 1. The molecule has 4 rings (SSSR count). The zero-order chi connectivity index (χ0) is 31.9. The summed E-state index contributed by atoms with van der Waals surface area (Å²) in [6.07, 6.45) is 6.93. The van der Waals surface area contributed by atoms with E-state index < -0.39 is 5.97 Å². The number of carbonyl (C=O) groups excluding carboxylic acids is 1. The molecule has 4 N–H and O–H groups in total. The number of anilines is 2. The van der Waals surface area contributed by atoms with Crippen LogP contribution >= 0.6 is 23.2 Å². The van der Waals surface area contributed by atoms with Crippen molar-refractivity contribution in [3.8, 4) is 6.07 Å². The fourth-order valence-electron chi connectivity index (χ4n) is 4.52. The van der Waals surface area contributed by atoms with Crippen molar-refractivity contribution in [1.82, 2.24) is 5.32 Å². The number of guanidine groups is 1. The second-order valence-corrected chi connectivity index (χ2v) is 10.8. The fraction of sp³-hybridized carbons (Fsp3) is 0.273. The maximum Gasteiger partial charge on any atom is 0.300 e. The topological polar surface area (TPSA) is 138 Å². The average molecular weight is 637 g/mol. The number of nitrogens with one attached hydrogen (secondary N) is 2. The number of nitriles is 1. The van der Waals surface area contributed by atoms with Crippen LogP contribution in [0.25, 0.3) is 5.57 Å². The molecule has 0 aliphatic heterocycles. The van der Waals surface area contributed by atoms with Crippen molar-refractivity contribution in [3.63, 3.8) is 0 Å². The number of benzene rings is 3. The van der Waals surface area contributed by atoms with E-state index in [1.807, 2.05) is 17.0 Å². The lowest BCUT2D eigenvalue weighted by atomic mass is 9.93. The van der Waals surface area contributed by atoms with Crippen molar-refractivity contribution >= 4 is 58.0 Å². The molecule has 0 radical (unpaired) electrons. The number of allylic oxidation sites excluding steroid dienone is 2. The monoisotopic (exact) mass is 635 g/mol. The molecule has 0 saturated heterocycles. The van der Waals surface area contributed by atoms with Crippen LogP contribution in [0.15, 0.2) is 77.8 Å². The molecule has 1 aliphatic rings. The van der Waals surface area contributed by atoms with E-state index in [0.29, 0.717) is 33.8 Å². The number of aliphatic hydroxyl groups is 1. The molecule has 0 unspecified atom stereocenters. The van der Waals surface area contributed by atoms with Crippen molar-refractivity contribution < 1.29 is 19.8 Å². The summed E-state index contributed by atoms with van der Waals surface area (Å²) < 4.78 is 0. The van der Waals surface area contributed by atoms with Crippen molar-refractivity contribution in [1.29, 1.82) is 5.26 Å². The Hall–Kier alpha value is -4.36. The fourth-order valence-corrected chi connectivity index (χ4v) is 5.04. The zero-order valence-corrected chi connectivity index (χ0v) is 25.9. The molecule has 0 spiro atoms. The number of aliphatic carboxylic acids is 1. The maximum absolute atomic E-state index is 12.3. The van der Waals surface area contributed by atoms with E-state index in [1.165, 1.54) is 24.0 Å². The van der Waals surface area contributed by atoms with Gasteiger partial charge < -0.3 is 25.7 Å². The van der Waals surface area contributed by atoms with Crippen molar-refractivity contribution in [2.24, 2.45) is 4.99 Å². The summed E-state index contributed by atoms with van der Waals surface area (Å²) in [5.41, 5.74) is 5.50. The Morgan fingerprint density at radius 3 is 2.25 bits per heavy atom. The predicted octanol–water partition coefficient (Wildman–Crippen LogP) is 6.76. The van der Waals surface area contributed by atoms with Crippen LogP contribution in [0.1, 0.15) is 54.1 Å². The lowest BCUT2D eigenvalue weighted by Gasteiger charge is -2.28. The SMILES string of the molecule is CC(=O)O.N#CCN=C(Nc1cc(Cl)cc(Cl)c1)N(Cc1ccc(C(=O)NCCO)cc1)c1ccc(C2=CCCCC2)cc1. The van der Waals surface area contributed by atoms with Crippen molar-refractivity contribution in [2.75, 3.05) is 29.9 Å². The molecule has 44 heavy (non-hydrogen) atoms. The van der Waals surface area contributed by atoms with E-state index in [4.69, 9.17) is 38.2 Å². The van der Waals surface area contributed by atoms with E-state index in [9.17, 15) is 10.1 Å². The van der Waals surface area contributed by atoms with Crippen LogP contribution in [-0.2, 0) is 11.3 Å². The van der Waals surface area contributed by atoms with Gasteiger partial charge in [-0.25, -0.2) is 4.99 Å². The molecule has 3 aromatic rings. The Morgan fingerprint density at radius 1 is 1.02 bits per heavy atom. The molecule has 230 valence electrons. The Kier molecular flexibility index (Phi) is 13.7. The van der Waals surface area contributed by atoms with Crippen LogP contribution in [-0.4, -0.2) is 47.7 Å².